The van der Waals surface area contributed by atoms with Gasteiger partial charge in [0, 0.05) is 5.69 Å². The Bertz CT molecular complexity index is 692. The van der Waals surface area contributed by atoms with Crippen LogP contribution in [0.5, 0.6) is 0 Å². The molecule has 0 bridgehead atoms. The van der Waals surface area contributed by atoms with Crippen molar-refractivity contribution < 1.29 is 14.3 Å². The van der Waals surface area contributed by atoms with Crippen molar-refractivity contribution in [3.8, 4) is 5.69 Å². The zero-order chi connectivity index (χ0) is 17.0. The number of esters is 1. The van der Waals surface area contributed by atoms with Crippen molar-refractivity contribution in [2.24, 2.45) is 5.92 Å². The number of carbonyl (C=O) groups is 2. The number of para-hydroxylation sites is 1. The minimum Gasteiger partial charge on any atom is -0.467 e. The number of hydrogen-bond acceptors (Lipinski definition) is 4. The second kappa shape index (κ2) is 7.09. The van der Waals surface area contributed by atoms with Crippen molar-refractivity contribution in [1.82, 2.24) is 15.1 Å². The monoisotopic (exact) mass is 315 g/mol. The summed E-state index contributed by atoms with van der Waals surface area (Å²) in [5.41, 5.74) is 1.97. The number of ether oxygens (including phenoxy) is 1. The Morgan fingerprint density at radius 3 is 2.43 bits per heavy atom. The van der Waals surface area contributed by atoms with Crippen LogP contribution in [0.4, 0.5) is 0 Å². The maximum Gasteiger partial charge on any atom is 0.328 e. The summed E-state index contributed by atoms with van der Waals surface area (Å²) in [6.07, 6.45) is 0. The first kappa shape index (κ1) is 16.7. The van der Waals surface area contributed by atoms with Crippen LogP contribution in [-0.2, 0) is 9.53 Å². The van der Waals surface area contributed by atoms with E-state index >= 15 is 0 Å². The lowest BCUT2D eigenvalue weighted by Gasteiger charge is -2.19. The highest BCUT2D eigenvalue weighted by molar-refractivity contribution is 5.95. The third-order valence-corrected chi connectivity index (χ3v) is 3.53. The van der Waals surface area contributed by atoms with Crippen molar-refractivity contribution in [3.63, 3.8) is 0 Å². The molecule has 1 amide bonds. The van der Waals surface area contributed by atoms with Gasteiger partial charge in [0.25, 0.3) is 5.91 Å². The van der Waals surface area contributed by atoms with Gasteiger partial charge in [-0.2, -0.15) is 5.10 Å². The number of nitrogens with zero attached hydrogens (tertiary/aromatic N) is 2. The van der Waals surface area contributed by atoms with E-state index in [2.05, 4.69) is 10.4 Å². The summed E-state index contributed by atoms with van der Waals surface area (Å²) < 4.78 is 6.42. The second-order valence-corrected chi connectivity index (χ2v) is 5.64. The van der Waals surface area contributed by atoms with Crippen LogP contribution >= 0.6 is 0 Å². The molecule has 0 saturated carbocycles. The van der Waals surface area contributed by atoms with E-state index in [1.54, 1.807) is 10.7 Å². The van der Waals surface area contributed by atoms with Crippen molar-refractivity contribution in [2.45, 2.75) is 26.8 Å². The number of benzene rings is 1. The predicted octanol–water partition coefficient (Wildman–Crippen LogP) is 2.11. The first-order valence-corrected chi connectivity index (χ1v) is 7.44. The lowest BCUT2D eigenvalue weighted by molar-refractivity contribution is -0.144. The van der Waals surface area contributed by atoms with E-state index in [0.29, 0.717) is 0 Å². The maximum absolute atomic E-state index is 12.4. The molecule has 2 rings (SSSR count). The standard InChI is InChI=1S/C17H21N3O3/c1-11(2)15(17(22)23-4)18-16(21)14-10-12(3)20(19-14)13-8-6-5-7-9-13/h5-11,15H,1-4H3,(H,18,21)/t15-/m0/s1. The fourth-order valence-electron chi connectivity index (χ4n) is 2.26. The molecule has 0 aliphatic heterocycles. The van der Waals surface area contributed by atoms with Crippen LogP contribution in [0.15, 0.2) is 36.4 Å². The van der Waals surface area contributed by atoms with Gasteiger partial charge in [0.05, 0.1) is 12.8 Å². The van der Waals surface area contributed by atoms with Crippen molar-refractivity contribution in [1.29, 1.82) is 0 Å². The topological polar surface area (TPSA) is 73.2 Å². The highest BCUT2D eigenvalue weighted by Crippen LogP contribution is 2.12. The quantitative estimate of drug-likeness (QED) is 0.858. The lowest BCUT2D eigenvalue weighted by Crippen LogP contribution is -2.45. The van der Waals surface area contributed by atoms with Gasteiger partial charge in [-0.15, -0.1) is 0 Å². The van der Waals surface area contributed by atoms with Crippen molar-refractivity contribution >= 4 is 11.9 Å². The summed E-state index contributed by atoms with van der Waals surface area (Å²) in [7, 11) is 1.30. The first-order valence-electron chi connectivity index (χ1n) is 7.44. The highest BCUT2D eigenvalue weighted by Gasteiger charge is 2.26. The molecule has 0 spiro atoms. The summed E-state index contributed by atoms with van der Waals surface area (Å²) in [5, 5.41) is 7.02. The van der Waals surface area contributed by atoms with Crippen LogP contribution in [0.2, 0.25) is 0 Å². The number of aromatic nitrogens is 2. The zero-order valence-corrected chi connectivity index (χ0v) is 13.7. The van der Waals surface area contributed by atoms with Gasteiger partial charge in [-0.1, -0.05) is 32.0 Å². The zero-order valence-electron chi connectivity index (χ0n) is 13.7. The average Bonchev–Trinajstić information content (AvgIpc) is 2.94. The molecule has 1 heterocycles. The number of nitrogens with one attached hydrogen (secondary N) is 1. The number of hydrogen-bond donors (Lipinski definition) is 1. The molecule has 1 aromatic carbocycles. The van der Waals surface area contributed by atoms with E-state index in [-0.39, 0.29) is 11.6 Å². The largest absolute Gasteiger partial charge is 0.467 e. The van der Waals surface area contributed by atoms with E-state index < -0.39 is 17.9 Å². The molecule has 0 aliphatic rings. The van der Waals surface area contributed by atoms with Gasteiger partial charge in [-0.25, -0.2) is 9.48 Å². The third kappa shape index (κ3) is 3.77. The molecular formula is C17H21N3O3. The Balaban J connectivity index is 2.22. The predicted molar refractivity (Wildman–Crippen MR) is 86.4 cm³/mol. The molecule has 0 radical (unpaired) electrons. The summed E-state index contributed by atoms with van der Waals surface area (Å²) in [6.45, 7) is 5.56. The average molecular weight is 315 g/mol. The van der Waals surface area contributed by atoms with Gasteiger partial charge < -0.3 is 10.1 Å². The molecule has 0 aliphatic carbocycles. The van der Waals surface area contributed by atoms with Gasteiger partial charge in [0.1, 0.15) is 6.04 Å². The van der Waals surface area contributed by atoms with Crippen molar-refractivity contribution in [3.05, 3.63) is 47.8 Å². The molecule has 1 aromatic heterocycles. The van der Waals surface area contributed by atoms with Crippen LogP contribution in [-0.4, -0.2) is 34.8 Å². The molecule has 2 aromatic rings. The van der Waals surface area contributed by atoms with Gasteiger partial charge in [0.15, 0.2) is 5.69 Å². The molecule has 23 heavy (non-hydrogen) atoms. The minimum atomic E-state index is -0.699. The van der Waals surface area contributed by atoms with Gasteiger partial charge in [-0.05, 0) is 31.0 Å². The summed E-state index contributed by atoms with van der Waals surface area (Å²) >= 11 is 0. The molecule has 6 heteroatoms. The Hall–Kier alpha value is -2.63. The fraction of sp³-hybridized carbons (Fsp3) is 0.353. The van der Waals surface area contributed by atoms with Crippen molar-refractivity contribution in [2.75, 3.05) is 7.11 Å². The van der Waals surface area contributed by atoms with Crippen LogP contribution in [0, 0.1) is 12.8 Å². The summed E-state index contributed by atoms with van der Waals surface area (Å²) in [4.78, 5) is 24.1. The second-order valence-electron chi connectivity index (χ2n) is 5.64. The lowest BCUT2D eigenvalue weighted by atomic mass is 10.0. The Morgan fingerprint density at radius 1 is 1.22 bits per heavy atom. The molecule has 122 valence electrons. The first-order chi connectivity index (χ1) is 10.9. The normalized spacial score (nSPS) is 12.0. The number of methoxy groups -OCH3 is 1. The Morgan fingerprint density at radius 2 is 1.87 bits per heavy atom. The number of amides is 1. The van der Waals surface area contributed by atoms with E-state index in [0.717, 1.165) is 11.4 Å². The maximum atomic E-state index is 12.4. The van der Waals surface area contributed by atoms with E-state index in [1.165, 1.54) is 7.11 Å². The molecule has 0 unspecified atom stereocenters. The van der Waals surface area contributed by atoms with Gasteiger partial charge in [-0.3, -0.25) is 4.79 Å². The number of aryl methyl sites for hydroxylation is 1. The van der Waals surface area contributed by atoms with Crippen LogP contribution in [0.3, 0.4) is 0 Å². The molecule has 6 nitrogen and oxygen atoms in total. The Kier molecular flexibility index (Phi) is 5.16. The van der Waals surface area contributed by atoms with Crippen LogP contribution in [0.1, 0.15) is 30.0 Å². The fourth-order valence-corrected chi connectivity index (χ4v) is 2.26. The Labute approximate surface area is 135 Å². The number of rotatable bonds is 5. The molecule has 0 saturated heterocycles. The third-order valence-electron chi connectivity index (χ3n) is 3.53. The molecule has 1 atom stereocenters. The summed E-state index contributed by atoms with van der Waals surface area (Å²) in [6, 6.07) is 10.5. The number of carbonyl (C=O) groups excluding carboxylic acids is 2. The highest BCUT2D eigenvalue weighted by atomic mass is 16.5. The summed E-state index contributed by atoms with van der Waals surface area (Å²) in [5.74, 6) is -0.942. The SMILES string of the molecule is COC(=O)[C@@H](NC(=O)c1cc(C)n(-c2ccccc2)n1)C(C)C. The molecular weight excluding hydrogens is 294 g/mol. The van der Waals surface area contributed by atoms with E-state index in [9.17, 15) is 9.59 Å². The molecule has 0 fully saturated rings. The molecule has 1 N–H and O–H groups in total. The van der Waals surface area contributed by atoms with Gasteiger partial charge >= 0.3 is 5.97 Å². The van der Waals surface area contributed by atoms with E-state index in [1.807, 2.05) is 51.1 Å². The van der Waals surface area contributed by atoms with E-state index in [4.69, 9.17) is 4.74 Å². The minimum absolute atomic E-state index is 0.0799. The van der Waals surface area contributed by atoms with Crippen LogP contribution < -0.4 is 5.32 Å². The van der Waals surface area contributed by atoms with Crippen LogP contribution in [0.25, 0.3) is 5.69 Å². The van der Waals surface area contributed by atoms with Gasteiger partial charge in [0.2, 0.25) is 0 Å². The smallest absolute Gasteiger partial charge is 0.328 e.